The number of carbonyl (C=O) groups is 1. The number of amides is 1. The Morgan fingerprint density at radius 2 is 1.78 bits per heavy atom. The number of carbonyl (C=O) groups excluding carboxylic acids is 1. The number of hydrogen-bond donors (Lipinski definition) is 2. The number of rotatable bonds is 8. The van der Waals surface area contributed by atoms with Crippen LogP contribution in [0.3, 0.4) is 0 Å². The first kappa shape index (κ1) is 25.3. The number of nitrogens with two attached hydrogens (primary N) is 1. The lowest BCUT2D eigenvalue weighted by atomic mass is 9.81. The second-order valence-electron chi connectivity index (χ2n) is 8.53. The molecule has 0 fully saturated rings. The lowest BCUT2D eigenvalue weighted by molar-refractivity contribution is -0.129. The van der Waals surface area contributed by atoms with E-state index < -0.39 is 21.5 Å². The maximum absolute atomic E-state index is 15.0. The summed E-state index contributed by atoms with van der Waals surface area (Å²) in [7, 11) is -1.10. The van der Waals surface area contributed by atoms with Gasteiger partial charge in [-0.3, -0.25) is 14.2 Å². The number of ether oxygens (including phenoxy) is 1. The molecule has 1 aliphatic heterocycles. The first-order valence-electron chi connectivity index (χ1n) is 11.2. The summed E-state index contributed by atoms with van der Waals surface area (Å²) < 4.78 is 51.0. The van der Waals surface area contributed by atoms with Crippen LogP contribution in [0.2, 0.25) is 0 Å². The van der Waals surface area contributed by atoms with E-state index >= 15 is 4.39 Å². The van der Waals surface area contributed by atoms with Crippen LogP contribution < -0.4 is 10.5 Å². The zero-order valence-electron chi connectivity index (χ0n) is 19.8. The van der Waals surface area contributed by atoms with Gasteiger partial charge < -0.3 is 10.5 Å². The van der Waals surface area contributed by atoms with E-state index in [2.05, 4.69) is 4.99 Å². The fourth-order valence-electron chi connectivity index (χ4n) is 4.36. The molecule has 0 saturated heterocycles. The number of nitrogens with zero attached hydrogens (tertiary/aromatic N) is 2. The number of hydrogen-bond acceptors (Lipinski definition) is 6. The van der Waals surface area contributed by atoms with Gasteiger partial charge in [0.1, 0.15) is 0 Å². The number of aliphatic imine (C=N–C) groups is 1. The second kappa shape index (κ2) is 9.71. The van der Waals surface area contributed by atoms with E-state index in [-0.39, 0.29) is 29.8 Å². The van der Waals surface area contributed by atoms with Crippen LogP contribution >= 0.6 is 0 Å². The van der Waals surface area contributed by atoms with Crippen molar-refractivity contribution in [3.8, 4) is 16.9 Å². The maximum Gasteiger partial charge on any atom is 0.266 e. The van der Waals surface area contributed by atoms with Gasteiger partial charge in [0.25, 0.3) is 16.0 Å². The minimum absolute atomic E-state index is 0.0511. The SMILES string of the molecule is COc1cccc(-c2cccc(C3(c4ccc(CCCS(=O)(=O)O)cc4)N=C(N)N(C)C3=O)c2)c1F. The molecule has 1 unspecified atom stereocenters. The molecule has 36 heavy (non-hydrogen) atoms. The van der Waals surface area contributed by atoms with Gasteiger partial charge in [0.2, 0.25) is 0 Å². The third kappa shape index (κ3) is 4.69. The van der Waals surface area contributed by atoms with E-state index in [0.29, 0.717) is 28.7 Å². The number of aryl methyl sites for hydroxylation is 1. The Balaban J connectivity index is 1.77. The second-order valence-corrected chi connectivity index (χ2v) is 10.1. The van der Waals surface area contributed by atoms with Crippen molar-refractivity contribution < 1.29 is 26.9 Å². The Bertz CT molecular complexity index is 1440. The number of methoxy groups -OCH3 is 1. The highest BCUT2D eigenvalue weighted by molar-refractivity contribution is 7.85. The molecule has 1 amide bonds. The Hall–Kier alpha value is -3.76. The molecule has 3 aromatic rings. The molecule has 0 radical (unpaired) electrons. The van der Waals surface area contributed by atoms with Crippen molar-refractivity contribution in [1.82, 2.24) is 4.90 Å². The van der Waals surface area contributed by atoms with Crippen LogP contribution in [0.1, 0.15) is 23.1 Å². The minimum atomic E-state index is -4.03. The zero-order valence-corrected chi connectivity index (χ0v) is 20.6. The normalized spacial score (nSPS) is 17.8. The van der Waals surface area contributed by atoms with Crippen molar-refractivity contribution >= 4 is 22.0 Å². The van der Waals surface area contributed by atoms with Crippen molar-refractivity contribution in [2.45, 2.75) is 18.4 Å². The number of likely N-dealkylation sites (N-methyl/N-ethyl adjacent to an activating group) is 1. The average molecular weight is 512 g/mol. The van der Waals surface area contributed by atoms with Crippen LogP contribution in [0.15, 0.2) is 71.7 Å². The summed E-state index contributed by atoms with van der Waals surface area (Å²) >= 11 is 0. The lowest BCUT2D eigenvalue weighted by Gasteiger charge is -2.27. The molecule has 0 aliphatic carbocycles. The zero-order chi connectivity index (χ0) is 26.1. The molecular formula is C26H26FN3O5S. The van der Waals surface area contributed by atoms with Gasteiger partial charge >= 0.3 is 0 Å². The highest BCUT2D eigenvalue weighted by atomic mass is 32.2. The summed E-state index contributed by atoms with van der Waals surface area (Å²) in [6, 6.07) is 18.8. The largest absolute Gasteiger partial charge is 0.494 e. The standard InChI is InChI=1S/C26H26FN3O5S/c1-30-24(31)26(29-25(30)28,19-13-11-17(12-14-19)6-5-15-36(32,33)34)20-8-3-7-18(16-20)21-9-4-10-22(35-2)23(21)27/h3-4,7-14,16H,5-6,15H2,1-2H3,(H2,28,29)(H,32,33,34). The molecule has 8 nitrogen and oxygen atoms in total. The highest BCUT2D eigenvalue weighted by Gasteiger charge is 2.49. The molecule has 10 heteroatoms. The molecule has 1 aliphatic rings. The highest BCUT2D eigenvalue weighted by Crippen LogP contribution is 2.41. The molecule has 4 rings (SSSR count). The predicted octanol–water partition coefficient (Wildman–Crippen LogP) is 3.35. The summed E-state index contributed by atoms with van der Waals surface area (Å²) in [6.07, 6.45) is 0.682. The maximum atomic E-state index is 15.0. The first-order chi connectivity index (χ1) is 17.1. The van der Waals surface area contributed by atoms with Crippen LogP contribution in [0.25, 0.3) is 11.1 Å². The van der Waals surface area contributed by atoms with Gasteiger partial charge in [-0.05, 0) is 47.2 Å². The summed E-state index contributed by atoms with van der Waals surface area (Å²) in [5.41, 5.74) is 7.35. The smallest absolute Gasteiger partial charge is 0.266 e. The number of benzene rings is 3. The van der Waals surface area contributed by atoms with Gasteiger partial charge in [0.05, 0.1) is 12.9 Å². The molecule has 3 aromatic carbocycles. The molecule has 0 saturated carbocycles. The number of guanidine groups is 1. The average Bonchev–Trinajstić information content (AvgIpc) is 3.08. The molecule has 0 aromatic heterocycles. The van der Waals surface area contributed by atoms with Crippen LogP contribution in [0.5, 0.6) is 5.75 Å². The van der Waals surface area contributed by atoms with Gasteiger partial charge in [0.15, 0.2) is 23.1 Å². The molecule has 0 spiro atoms. The van der Waals surface area contributed by atoms with Crippen LogP contribution in [-0.4, -0.2) is 49.6 Å². The Morgan fingerprint density at radius 1 is 1.08 bits per heavy atom. The molecule has 0 bridgehead atoms. The lowest BCUT2D eigenvalue weighted by Crippen LogP contribution is -2.41. The van der Waals surface area contributed by atoms with Gasteiger partial charge in [0, 0.05) is 12.6 Å². The van der Waals surface area contributed by atoms with Crippen molar-refractivity contribution in [2.24, 2.45) is 10.7 Å². The molecule has 1 heterocycles. The van der Waals surface area contributed by atoms with E-state index in [9.17, 15) is 13.2 Å². The van der Waals surface area contributed by atoms with Crippen molar-refractivity contribution in [3.05, 3.63) is 89.2 Å². The van der Waals surface area contributed by atoms with E-state index in [1.165, 1.54) is 25.1 Å². The van der Waals surface area contributed by atoms with E-state index in [4.69, 9.17) is 15.0 Å². The van der Waals surface area contributed by atoms with Gasteiger partial charge in [-0.1, -0.05) is 54.6 Å². The van der Waals surface area contributed by atoms with Gasteiger partial charge in [-0.2, -0.15) is 8.42 Å². The van der Waals surface area contributed by atoms with Crippen LogP contribution in [0.4, 0.5) is 4.39 Å². The molecular weight excluding hydrogens is 485 g/mol. The summed E-state index contributed by atoms with van der Waals surface area (Å²) in [5.74, 6) is -1.05. The quantitative estimate of drug-likeness (QED) is 0.447. The van der Waals surface area contributed by atoms with Crippen molar-refractivity contribution in [2.75, 3.05) is 19.9 Å². The van der Waals surface area contributed by atoms with Crippen molar-refractivity contribution in [3.63, 3.8) is 0 Å². The van der Waals surface area contributed by atoms with Crippen LogP contribution in [0, 0.1) is 5.82 Å². The summed E-state index contributed by atoms with van der Waals surface area (Å²) in [6.45, 7) is 0. The van der Waals surface area contributed by atoms with Gasteiger partial charge in [-0.25, -0.2) is 9.38 Å². The Kier molecular flexibility index (Phi) is 6.83. The minimum Gasteiger partial charge on any atom is -0.494 e. The van der Waals surface area contributed by atoms with E-state index in [1.54, 1.807) is 60.7 Å². The Morgan fingerprint density at radius 3 is 2.39 bits per heavy atom. The van der Waals surface area contributed by atoms with E-state index in [1.807, 2.05) is 0 Å². The van der Waals surface area contributed by atoms with Crippen molar-refractivity contribution in [1.29, 1.82) is 0 Å². The first-order valence-corrected chi connectivity index (χ1v) is 12.8. The fourth-order valence-corrected chi connectivity index (χ4v) is 4.87. The van der Waals surface area contributed by atoms with Gasteiger partial charge in [-0.15, -0.1) is 0 Å². The topological polar surface area (TPSA) is 122 Å². The Labute approximate surface area is 209 Å². The predicted molar refractivity (Wildman–Crippen MR) is 135 cm³/mol. The fraction of sp³-hybridized carbons (Fsp3) is 0.231. The summed E-state index contributed by atoms with van der Waals surface area (Å²) in [4.78, 5) is 19.4. The van der Waals surface area contributed by atoms with E-state index in [0.717, 1.165) is 5.56 Å². The molecule has 188 valence electrons. The third-order valence-electron chi connectivity index (χ3n) is 6.25. The monoisotopic (exact) mass is 511 g/mol. The third-order valence-corrected chi connectivity index (χ3v) is 7.06. The number of halogens is 1. The molecule has 3 N–H and O–H groups in total. The van der Waals surface area contributed by atoms with Crippen LogP contribution in [-0.2, 0) is 26.9 Å². The molecule has 1 atom stereocenters. The summed E-state index contributed by atoms with van der Waals surface area (Å²) in [5, 5.41) is 0.